The molecular weight excluding hydrogens is 522 g/mol. The summed E-state index contributed by atoms with van der Waals surface area (Å²) >= 11 is 0. The van der Waals surface area contributed by atoms with Crippen molar-refractivity contribution >= 4 is 22.5 Å². The van der Waals surface area contributed by atoms with Gasteiger partial charge < -0.3 is 15.4 Å². The summed E-state index contributed by atoms with van der Waals surface area (Å²) in [5.41, 5.74) is 6.44. The molecule has 0 saturated carbocycles. The molecule has 220 valence electrons. The lowest BCUT2D eigenvalue weighted by molar-refractivity contribution is -0.122. The van der Waals surface area contributed by atoms with Gasteiger partial charge in [0.05, 0.1) is 17.1 Å². The Kier molecular flexibility index (Phi) is 6.12. The molecule has 3 N–H and O–H groups in total. The maximum Gasteiger partial charge on any atom is 0.236 e. The number of fused-ring (bicyclic) bond motifs is 7. The van der Waals surface area contributed by atoms with E-state index in [1.54, 1.807) is 0 Å². The summed E-state index contributed by atoms with van der Waals surface area (Å²) in [6.07, 6.45) is 8.22. The van der Waals surface area contributed by atoms with Gasteiger partial charge in [-0.3, -0.25) is 19.5 Å². The van der Waals surface area contributed by atoms with Gasteiger partial charge in [-0.25, -0.2) is 0 Å². The predicted octanol–water partition coefficient (Wildman–Crippen LogP) is 5.35. The van der Waals surface area contributed by atoms with Gasteiger partial charge in [0, 0.05) is 47.3 Å². The number of H-pyrrole nitrogens is 1. The van der Waals surface area contributed by atoms with Gasteiger partial charge in [-0.15, -0.1) is 6.58 Å². The van der Waals surface area contributed by atoms with Crippen molar-refractivity contribution in [1.29, 1.82) is 0 Å². The lowest BCUT2D eigenvalue weighted by Crippen LogP contribution is -2.53. The highest BCUT2D eigenvalue weighted by atomic mass is 16.3. The van der Waals surface area contributed by atoms with Crippen LogP contribution in [-0.2, 0) is 16.6 Å². The van der Waals surface area contributed by atoms with Crippen LogP contribution in [0.1, 0.15) is 66.6 Å². The Balaban J connectivity index is 1.15. The Morgan fingerprint density at radius 1 is 1.12 bits per heavy atom. The van der Waals surface area contributed by atoms with E-state index in [9.17, 15) is 9.90 Å². The highest BCUT2D eigenvalue weighted by Crippen LogP contribution is 2.56. The Bertz CT molecular complexity index is 1580. The summed E-state index contributed by atoms with van der Waals surface area (Å²) < 4.78 is 0. The molecule has 6 heterocycles. The van der Waals surface area contributed by atoms with E-state index in [4.69, 9.17) is 0 Å². The van der Waals surface area contributed by atoms with E-state index >= 15 is 0 Å². The summed E-state index contributed by atoms with van der Waals surface area (Å²) in [7, 11) is 4.39. The van der Waals surface area contributed by atoms with Gasteiger partial charge in [0.15, 0.2) is 0 Å². The molecule has 3 fully saturated rings. The molecule has 6 unspecified atom stereocenters. The van der Waals surface area contributed by atoms with E-state index < -0.39 is 5.41 Å². The number of para-hydroxylation sites is 1. The van der Waals surface area contributed by atoms with Gasteiger partial charge in [-0.05, 0) is 101 Å². The second kappa shape index (κ2) is 9.69. The molecule has 1 aromatic heterocycles. The minimum absolute atomic E-state index is 0.126. The van der Waals surface area contributed by atoms with Gasteiger partial charge in [0.1, 0.15) is 5.75 Å². The van der Waals surface area contributed by atoms with Crippen LogP contribution < -0.4 is 5.32 Å². The fraction of sp³-hybridized carbons (Fsp3) is 0.514. The van der Waals surface area contributed by atoms with Crippen molar-refractivity contribution in [2.24, 2.45) is 11.8 Å². The number of carbonyl (C=O) groups is 1. The van der Waals surface area contributed by atoms with Gasteiger partial charge in [0.25, 0.3) is 0 Å². The van der Waals surface area contributed by atoms with Crippen LogP contribution in [-0.4, -0.2) is 77.0 Å². The number of piperidine rings is 1. The number of likely N-dealkylation sites (N-methyl/N-ethyl adjacent to an activating group) is 1. The summed E-state index contributed by atoms with van der Waals surface area (Å²) in [5, 5.41) is 15.7. The van der Waals surface area contributed by atoms with Crippen LogP contribution in [0, 0.1) is 11.8 Å². The summed E-state index contributed by atoms with van der Waals surface area (Å²) in [4.78, 5) is 25.4. The molecule has 7 nitrogen and oxygen atoms in total. The number of aromatic nitrogens is 1. The number of hydrogen-bond acceptors (Lipinski definition) is 5. The number of phenolic OH excluding ortho intramolecular Hbond substituents is 1. The summed E-state index contributed by atoms with van der Waals surface area (Å²) in [6, 6.07) is 13.2. The van der Waals surface area contributed by atoms with Crippen molar-refractivity contribution in [3.8, 4) is 5.75 Å². The molecule has 1 spiro atoms. The van der Waals surface area contributed by atoms with Crippen LogP contribution in [0.4, 0.5) is 5.69 Å². The third-order valence-corrected chi connectivity index (χ3v) is 11.8. The van der Waals surface area contributed by atoms with Crippen molar-refractivity contribution in [3.05, 3.63) is 71.4 Å². The molecule has 3 aromatic rings. The number of rotatable bonds is 4. The standard InChI is InChI=1S/C35H43N5O2/c1-4-21-20-40-17-14-35(25-11-12-29(41)31(33(25)37-34(35)42)27-10-7-15-38(27)2)30(40)19-22(21)18-28-32-24(13-16-39(28)3)23-8-5-6-9-26(23)36-32/h4-6,8-9,11-12,21-22,27-28,30,36,41H,1,7,10,13-20H2,2-3H3,(H,37,42). The number of phenols is 1. The Morgan fingerprint density at radius 2 is 1.98 bits per heavy atom. The first-order valence-corrected chi connectivity index (χ1v) is 15.9. The Labute approximate surface area is 248 Å². The first-order chi connectivity index (χ1) is 20.4. The number of nitrogens with zero attached hydrogens (tertiary/aromatic N) is 3. The highest BCUT2D eigenvalue weighted by molar-refractivity contribution is 6.08. The number of benzene rings is 2. The zero-order chi connectivity index (χ0) is 28.7. The quantitative estimate of drug-likeness (QED) is 0.372. The Hall–Kier alpha value is -3.13. The number of likely N-dealkylation sites (tertiary alicyclic amines) is 1. The van der Waals surface area contributed by atoms with Gasteiger partial charge in [-0.2, -0.15) is 0 Å². The first kappa shape index (κ1) is 26.5. The first-order valence-electron chi connectivity index (χ1n) is 15.9. The molecule has 1 amide bonds. The van der Waals surface area contributed by atoms with Crippen molar-refractivity contribution in [3.63, 3.8) is 0 Å². The van der Waals surface area contributed by atoms with Crippen LogP contribution >= 0.6 is 0 Å². The smallest absolute Gasteiger partial charge is 0.236 e. The molecule has 7 heteroatoms. The molecular formula is C35H43N5O2. The third kappa shape index (κ3) is 3.66. The summed E-state index contributed by atoms with van der Waals surface area (Å²) in [5.74, 6) is 1.26. The number of aromatic amines is 1. The number of amides is 1. The normalized spacial score (nSPS) is 33.2. The topological polar surface area (TPSA) is 74.8 Å². The summed E-state index contributed by atoms with van der Waals surface area (Å²) in [6.45, 7) is 8.24. The second-order valence-electron chi connectivity index (χ2n) is 13.7. The number of hydrogen-bond donors (Lipinski definition) is 3. The van der Waals surface area contributed by atoms with E-state index in [1.165, 1.54) is 22.2 Å². The van der Waals surface area contributed by atoms with Crippen LogP contribution in [0.2, 0.25) is 0 Å². The van der Waals surface area contributed by atoms with Crippen LogP contribution in [0.5, 0.6) is 5.75 Å². The van der Waals surface area contributed by atoms with Gasteiger partial charge in [0.2, 0.25) is 5.91 Å². The minimum atomic E-state index is -0.565. The van der Waals surface area contributed by atoms with E-state index in [1.807, 2.05) is 12.1 Å². The highest BCUT2D eigenvalue weighted by Gasteiger charge is 2.60. The third-order valence-electron chi connectivity index (χ3n) is 11.8. The minimum Gasteiger partial charge on any atom is -0.508 e. The average molecular weight is 566 g/mol. The van der Waals surface area contributed by atoms with Crippen molar-refractivity contribution < 1.29 is 9.90 Å². The SMILES string of the molecule is C=CC1CN2CCC3(C(=O)Nc4c3ccc(O)c4C3CCCN3C)C2CC1CC1c2[nH]c3ccccc3c2CCN1C. The fourth-order valence-electron chi connectivity index (χ4n) is 9.62. The van der Waals surface area contributed by atoms with E-state index in [0.29, 0.717) is 23.6 Å². The van der Waals surface area contributed by atoms with Gasteiger partial charge >= 0.3 is 0 Å². The molecule has 0 radical (unpaired) electrons. The molecule has 8 rings (SSSR count). The van der Waals surface area contributed by atoms with Crippen LogP contribution in [0.15, 0.2) is 49.1 Å². The molecule has 5 aliphatic heterocycles. The number of anilines is 1. The zero-order valence-corrected chi connectivity index (χ0v) is 24.9. The second-order valence-corrected chi connectivity index (χ2v) is 13.7. The monoisotopic (exact) mass is 565 g/mol. The van der Waals surface area contributed by atoms with Crippen LogP contribution in [0.3, 0.4) is 0 Å². The number of nitrogens with one attached hydrogen (secondary N) is 2. The molecule has 3 saturated heterocycles. The number of aromatic hydroxyl groups is 1. The van der Waals surface area contributed by atoms with Crippen molar-refractivity contribution in [1.82, 2.24) is 19.7 Å². The fourth-order valence-corrected chi connectivity index (χ4v) is 9.62. The van der Waals surface area contributed by atoms with E-state index in [2.05, 4.69) is 76.0 Å². The molecule has 2 aromatic carbocycles. The maximum atomic E-state index is 14.2. The van der Waals surface area contributed by atoms with Crippen molar-refractivity contribution in [2.45, 2.75) is 62.1 Å². The van der Waals surface area contributed by atoms with Gasteiger partial charge in [-0.1, -0.05) is 30.3 Å². The zero-order valence-electron chi connectivity index (χ0n) is 24.9. The number of carbonyl (C=O) groups excluding carboxylic acids is 1. The lowest BCUT2D eigenvalue weighted by atomic mass is 9.67. The van der Waals surface area contributed by atoms with E-state index in [-0.39, 0.29) is 18.0 Å². The molecule has 0 bridgehead atoms. The van der Waals surface area contributed by atoms with Crippen molar-refractivity contribution in [2.75, 3.05) is 45.6 Å². The molecule has 42 heavy (non-hydrogen) atoms. The predicted molar refractivity (Wildman–Crippen MR) is 167 cm³/mol. The lowest BCUT2D eigenvalue weighted by Gasteiger charge is -2.46. The van der Waals surface area contributed by atoms with Crippen LogP contribution in [0.25, 0.3) is 10.9 Å². The average Bonchev–Trinajstić information content (AvgIpc) is 3.75. The largest absolute Gasteiger partial charge is 0.508 e. The van der Waals surface area contributed by atoms with E-state index in [0.717, 1.165) is 81.5 Å². The Morgan fingerprint density at radius 3 is 2.79 bits per heavy atom. The molecule has 0 aliphatic carbocycles. The molecule has 5 aliphatic rings. The maximum absolute atomic E-state index is 14.2. The molecule has 6 atom stereocenters.